The van der Waals surface area contributed by atoms with E-state index in [1.807, 2.05) is 113 Å². The van der Waals surface area contributed by atoms with E-state index in [2.05, 4.69) is 36.2 Å². The second kappa shape index (κ2) is 18.1. The molecule has 4 aromatic carbocycles. The van der Waals surface area contributed by atoms with Crippen molar-refractivity contribution in [2.45, 2.75) is 76.7 Å². The summed E-state index contributed by atoms with van der Waals surface area (Å²) in [6.45, 7) is 4.31. The molecule has 7 nitrogen and oxygen atoms in total. The zero-order valence-corrected chi connectivity index (χ0v) is 32.9. The van der Waals surface area contributed by atoms with Crippen LogP contribution in [0, 0.1) is 6.92 Å². The Morgan fingerprint density at radius 1 is 0.857 bits per heavy atom. The number of hydrogen-bond donors (Lipinski definition) is 0. The molecule has 6 aromatic rings. The lowest BCUT2D eigenvalue weighted by atomic mass is 9.89. The zero-order valence-electron chi connectivity index (χ0n) is 31.3. The minimum atomic E-state index is -1.50. The predicted octanol–water partition coefficient (Wildman–Crippen LogP) is 9.47. The van der Waals surface area contributed by atoms with Crippen molar-refractivity contribution in [3.63, 3.8) is 0 Å². The number of amides is 1. The van der Waals surface area contributed by atoms with Gasteiger partial charge in [-0.15, -0.1) is 22.7 Å². The number of hydrogen-bond acceptors (Lipinski definition) is 8. The van der Waals surface area contributed by atoms with Crippen molar-refractivity contribution in [1.29, 1.82) is 0 Å². The van der Waals surface area contributed by atoms with E-state index in [4.69, 9.17) is 18.9 Å². The molecule has 0 spiro atoms. The van der Waals surface area contributed by atoms with Gasteiger partial charge in [0, 0.05) is 40.8 Å². The van der Waals surface area contributed by atoms with Gasteiger partial charge in [-0.05, 0) is 58.4 Å². The summed E-state index contributed by atoms with van der Waals surface area (Å²) >= 11 is 3.20. The van der Waals surface area contributed by atoms with Crippen LogP contribution in [0.15, 0.2) is 127 Å². The van der Waals surface area contributed by atoms with Crippen LogP contribution in [-0.4, -0.2) is 53.4 Å². The van der Waals surface area contributed by atoms with Crippen LogP contribution in [0.2, 0.25) is 0 Å². The molecular weight excluding hydrogens is 744 g/mol. The van der Waals surface area contributed by atoms with E-state index in [1.165, 1.54) is 26.7 Å². The monoisotopic (exact) mass is 788 g/mol. The smallest absolute Gasteiger partial charge is 0.283 e. The first kappa shape index (κ1) is 38.3. The molecule has 0 aliphatic carbocycles. The number of fused-ring (bicyclic) bond motifs is 1. The Morgan fingerprint density at radius 3 is 2.18 bits per heavy atom. The Kier molecular flexibility index (Phi) is 12.4. The first-order valence-electron chi connectivity index (χ1n) is 19.1. The van der Waals surface area contributed by atoms with Crippen molar-refractivity contribution in [3.8, 4) is 0 Å². The first-order chi connectivity index (χ1) is 27.5. The van der Waals surface area contributed by atoms with Gasteiger partial charge in [-0.2, -0.15) is 0 Å². The topological polar surface area (TPSA) is 70.1 Å². The van der Waals surface area contributed by atoms with Gasteiger partial charge in [-0.1, -0.05) is 109 Å². The third kappa shape index (κ3) is 9.18. The van der Waals surface area contributed by atoms with Crippen molar-refractivity contribution in [2.75, 3.05) is 13.2 Å². The molecule has 0 unspecified atom stereocenters. The summed E-state index contributed by atoms with van der Waals surface area (Å²) in [6, 6.07) is 38.2. The molecule has 288 valence electrons. The van der Waals surface area contributed by atoms with E-state index in [0.717, 1.165) is 46.2 Å². The fraction of sp³-hybridized carbons (Fsp3) is 0.304. The average molecular weight is 789 g/mol. The number of rotatable bonds is 14. The molecule has 5 atom stereocenters. The third-order valence-corrected chi connectivity index (χ3v) is 12.5. The van der Waals surface area contributed by atoms with Gasteiger partial charge >= 0.3 is 0 Å². The van der Waals surface area contributed by atoms with Gasteiger partial charge in [0.05, 0.1) is 26.4 Å². The maximum Gasteiger partial charge on any atom is 0.283 e. The Bertz CT molecular complexity index is 2170. The highest BCUT2D eigenvalue weighted by atomic mass is 32.1. The van der Waals surface area contributed by atoms with Crippen molar-refractivity contribution in [2.24, 2.45) is 0 Å². The van der Waals surface area contributed by atoms with Crippen molar-refractivity contribution in [1.82, 2.24) is 9.88 Å². The van der Waals surface area contributed by atoms with E-state index in [1.54, 1.807) is 6.20 Å². The molecule has 0 bridgehead atoms. The standard InChI is InChI=1S/C46H45FN2O5S2/c1-31-17-18-35(23-36(31)24-38-25-37-26-49(21-19-40(37)56-38)46(50)45-48-20-22-55-45)42-44(53-29-34-15-9-4-10-16-34)43(52-28-33-13-7-3-8-14-33)41(47)39(54-42)30-51-27-32-11-5-2-6-12-32/h2-18,20,22-23,25,39,41-44H,19,21,24,26-30H2,1H3/t39-,41-,42+,43+,44+/m1/s1. The van der Waals surface area contributed by atoms with Gasteiger partial charge in [0.2, 0.25) is 0 Å². The van der Waals surface area contributed by atoms with Gasteiger partial charge in [0.25, 0.3) is 5.91 Å². The number of nitrogens with zero attached hydrogens (tertiary/aromatic N) is 2. The zero-order chi connectivity index (χ0) is 38.3. The van der Waals surface area contributed by atoms with Crippen molar-refractivity contribution in [3.05, 3.63) is 181 Å². The quantitative estimate of drug-likeness (QED) is 0.110. The number of alkyl halides is 1. The Labute approximate surface area is 335 Å². The lowest BCUT2D eigenvalue weighted by molar-refractivity contribution is -0.248. The molecule has 0 radical (unpaired) electrons. The second-order valence-electron chi connectivity index (χ2n) is 14.4. The second-order valence-corrected chi connectivity index (χ2v) is 16.5. The maximum absolute atomic E-state index is 16.9. The van der Waals surface area contributed by atoms with E-state index in [-0.39, 0.29) is 25.7 Å². The summed E-state index contributed by atoms with van der Waals surface area (Å²) < 4.78 is 42.9. The van der Waals surface area contributed by atoms with Crippen molar-refractivity contribution >= 4 is 28.6 Å². The summed E-state index contributed by atoms with van der Waals surface area (Å²) in [5.41, 5.74) is 7.35. The molecular formula is C46H45FN2O5S2. The molecule has 2 aliphatic rings. The van der Waals surface area contributed by atoms with Gasteiger partial charge in [0.15, 0.2) is 11.2 Å². The number of halogens is 1. The third-order valence-electron chi connectivity index (χ3n) is 10.5. The van der Waals surface area contributed by atoms with Gasteiger partial charge in [-0.3, -0.25) is 4.79 Å². The number of aryl methyl sites for hydroxylation is 1. The molecule has 1 amide bonds. The predicted molar refractivity (Wildman–Crippen MR) is 218 cm³/mol. The van der Waals surface area contributed by atoms with Crippen molar-refractivity contribution < 1.29 is 28.1 Å². The molecule has 0 saturated carbocycles. The fourth-order valence-electron chi connectivity index (χ4n) is 7.44. The summed E-state index contributed by atoms with van der Waals surface area (Å²) in [4.78, 5) is 21.8. The molecule has 1 saturated heterocycles. The van der Waals surface area contributed by atoms with E-state index in [9.17, 15) is 4.79 Å². The average Bonchev–Trinajstić information content (AvgIpc) is 3.92. The molecule has 1 fully saturated rings. The van der Waals surface area contributed by atoms with Crippen LogP contribution < -0.4 is 0 Å². The highest BCUT2D eigenvalue weighted by molar-refractivity contribution is 7.12. The van der Waals surface area contributed by atoms with E-state index in [0.29, 0.717) is 24.7 Å². The van der Waals surface area contributed by atoms with Crippen LogP contribution >= 0.6 is 22.7 Å². The van der Waals surface area contributed by atoms with E-state index >= 15 is 4.39 Å². The molecule has 8 rings (SSSR count). The summed E-state index contributed by atoms with van der Waals surface area (Å²) in [6.07, 6.45) is -1.45. The number of carbonyl (C=O) groups excluding carboxylic acids is 1. The number of aromatic nitrogens is 1. The number of thiophene rings is 1. The van der Waals surface area contributed by atoms with Crippen LogP contribution in [0.1, 0.15) is 64.6 Å². The molecule has 2 aromatic heterocycles. The summed E-state index contributed by atoms with van der Waals surface area (Å²) in [5, 5.41) is 2.37. The maximum atomic E-state index is 16.9. The first-order valence-corrected chi connectivity index (χ1v) is 20.8. The lowest BCUT2D eigenvalue weighted by Crippen LogP contribution is -2.55. The number of thiazole rings is 1. The molecule has 56 heavy (non-hydrogen) atoms. The Morgan fingerprint density at radius 2 is 1.52 bits per heavy atom. The molecule has 0 N–H and O–H groups in total. The highest BCUT2D eigenvalue weighted by Crippen LogP contribution is 2.39. The highest BCUT2D eigenvalue weighted by Gasteiger charge is 2.48. The van der Waals surface area contributed by atoms with Crippen LogP contribution in [-0.2, 0) is 58.2 Å². The van der Waals surface area contributed by atoms with Crippen LogP contribution in [0.25, 0.3) is 0 Å². The van der Waals surface area contributed by atoms with Crippen LogP contribution in [0.4, 0.5) is 4.39 Å². The van der Waals surface area contributed by atoms with Gasteiger partial charge in [0.1, 0.15) is 24.4 Å². The normalized spacial score (nSPS) is 20.8. The number of carbonyl (C=O) groups is 1. The van der Waals surface area contributed by atoms with Gasteiger partial charge < -0.3 is 23.8 Å². The molecule has 4 heterocycles. The van der Waals surface area contributed by atoms with Gasteiger partial charge in [-0.25, -0.2) is 9.37 Å². The fourth-order valence-corrected chi connectivity index (χ4v) is 9.24. The molecule has 2 aliphatic heterocycles. The summed E-state index contributed by atoms with van der Waals surface area (Å²) in [7, 11) is 0. The minimum Gasteiger partial charge on any atom is -0.374 e. The number of ether oxygens (including phenoxy) is 4. The largest absolute Gasteiger partial charge is 0.374 e. The van der Waals surface area contributed by atoms with Crippen LogP contribution in [0.5, 0.6) is 0 Å². The Balaban J connectivity index is 1.07. The van der Waals surface area contributed by atoms with E-state index < -0.39 is 30.6 Å². The summed E-state index contributed by atoms with van der Waals surface area (Å²) in [5.74, 6) is -0.0104. The van der Waals surface area contributed by atoms with Crippen LogP contribution in [0.3, 0.4) is 0 Å². The number of benzene rings is 4. The lowest BCUT2D eigenvalue weighted by Gasteiger charge is -2.44. The minimum absolute atomic E-state index is 0.0104. The SMILES string of the molecule is Cc1ccc([C@@H]2O[C@H](COCc3ccccc3)[C@@H](F)[C@H](OCc3ccccc3)[C@H]2OCc2ccccc2)cc1Cc1cc2c(s1)CCN(C(=O)c1nccs1)C2. The Hall–Kier alpha value is -4.55. The molecule has 10 heteroatoms.